The van der Waals surface area contributed by atoms with Crippen LogP contribution in [0.4, 0.5) is 8.78 Å². The lowest BCUT2D eigenvalue weighted by molar-refractivity contribution is 0.405. The topological polar surface area (TPSA) is 18.5 Å². The molecule has 1 atom stereocenters. The van der Waals surface area contributed by atoms with E-state index in [-0.39, 0.29) is 15.8 Å². The largest absolute Gasteiger partial charge is 0.497 e. The minimum atomic E-state index is -0.817. The molecule has 1 unspecified atom stereocenters. The van der Waals surface area contributed by atoms with Crippen molar-refractivity contribution in [3.63, 3.8) is 0 Å². The molecule has 0 aliphatic rings. The van der Waals surface area contributed by atoms with Crippen molar-refractivity contribution in [2.24, 2.45) is 0 Å². The summed E-state index contributed by atoms with van der Waals surface area (Å²) in [6.45, 7) is 0. The van der Waals surface area contributed by atoms with Gasteiger partial charge in [-0.3, -0.25) is 0 Å². The number of alkyl halides is 1. The third-order valence-corrected chi connectivity index (χ3v) is 4.10. The van der Waals surface area contributed by atoms with Crippen molar-refractivity contribution in [3.8, 4) is 11.5 Å². The van der Waals surface area contributed by atoms with E-state index in [1.807, 2.05) is 0 Å². The van der Waals surface area contributed by atoms with Crippen molar-refractivity contribution in [3.05, 3.63) is 57.6 Å². The van der Waals surface area contributed by atoms with Crippen molar-refractivity contribution >= 4 is 27.5 Å². The van der Waals surface area contributed by atoms with E-state index in [4.69, 9.17) is 21.1 Å². The Labute approximate surface area is 134 Å². The third kappa shape index (κ3) is 3.30. The average Bonchev–Trinajstić information content (AvgIpc) is 2.48. The molecule has 0 aliphatic carbocycles. The first-order valence-corrected chi connectivity index (χ1v) is 7.21. The van der Waals surface area contributed by atoms with E-state index in [1.165, 1.54) is 38.5 Å². The van der Waals surface area contributed by atoms with Crippen molar-refractivity contribution in [2.45, 2.75) is 5.38 Å². The highest BCUT2D eigenvalue weighted by Gasteiger charge is 2.21. The molecule has 0 bridgehead atoms. The SMILES string of the molecule is COc1ccc(C(Cl)c2cc(Br)c(F)cc2OC)c(F)c1. The molecule has 2 aromatic rings. The molecule has 2 nitrogen and oxygen atoms in total. The van der Waals surface area contributed by atoms with Crippen LogP contribution in [0, 0.1) is 11.6 Å². The average molecular weight is 378 g/mol. The molecular formula is C15H12BrClF2O2. The highest BCUT2D eigenvalue weighted by Crippen LogP contribution is 2.39. The predicted octanol–water partition coefficient (Wildman–Crippen LogP) is 5.07. The molecule has 0 radical (unpaired) electrons. The van der Waals surface area contributed by atoms with Crippen LogP contribution in [0.5, 0.6) is 11.5 Å². The minimum absolute atomic E-state index is 0.234. The van der Waals surface area contributed by atoms with E-state index < -0.39 is 17.0 Å². The van der Waals surface area contributed by atoms with E-state index in [1.54, 1.807) is 6.07 Å². The maximum absolute atomic E-state index is 14.1. The standard InChI is InChI=1S/C15H12BrClF2O2/c1-20-8-3-4-9(12(18)5-8)15(17)10-6-11(16)13(19)7-14(10)21-2/h3-7,15H,1-2H3. The molecule has 6 heteroatoms. The van der Waals surface area contributed by atoms with Crippen LogP contribution in [0.15, 0.2) is 34.8 Å². The quantitative estimate of drug-likeness (QED) is 0.692. The summed E-state index contributed by atoms with van der Waals surface area (Å²) >= 11 is 9.43. The van der Waals surface area contributed by atoms with Crippen LogP contribution < -0.4 is 9.47 Å². The first kappa shape index (κ1) is 16.0. The fourth-order valence-corrected chi connectivity index (χ4v) is 2.64. The predicted molar refractivity (Wildman–Crippen MR) is 81.3 cm³/mol. The molecule has 0 amide bonds. The van der Waals surface area contributed by atoms with Crippen LogP contribution in [0.3, 0.4) is 0 Å². The van der Waals surface area contributed by atoms with E-state index in [0.717, 1.165) is 0 Å². The summed E-state index contributed by atoms with van der Waals surface area (Å²) in [5, 5.41) is -0.817. The lowest BCUT2D eigenvalue weighted by Gasteiger charge is -2.16. The summed E-state index contributed by atoms with van der Waals surface area (Å²) in [4.78, 5) is 0. The summed E-state index contributed by atoms with van der Waals surface area (Å²) in [6.07, 6.45) is 0. The number of benzene rings is 2. The summed E-state index contributed by atoms with van der Waals surface area (Å²) in [7, 11) is 2.85. The van der Waals surface area contributed by atoms with Gasteiger partial charge in [-0.25, -0.2) is 8.78 Å². The van der Waals surface area contributed by atoms with Gasteiger partial charge in [-0.15, -0.1) is 11.6 Å². The molecule has 0 N–H and O–H groups in total. The fraction of sp³-hybridized carbons (Fsp3) is 0.200. The van der Waals surface area contributed by atoms with E-state index in [9.17, 15) is 8.78 Å². The number of hydrogen-bond acceptors (Lipinski definition) is 2. The zero-order valence-corrected chi connectivity index (χ0v) is 13.6. The Balaban J connectivity index is 2.49. The molecule has 0 fully saturated rings. The van der Waals surface area contributed by atoms with E-state index in [2.05, 4.69) is 15.9 Å². The van der Waals surface area contributed by atoms with Gasteiger partial charge in [0.15, 0.2) is 0 Å². The molecule has 0 saturated carbocycles. The minimum Gasteiger partial charge on any atom is -0.497 e. The van der Waals surface area contributed by atoms with Crippen LogP contribution in [-0.2, 0) is 0 Å². The zero-order chi connectivity index (χ0) is 15.6. The molecule has 112 valence electrons. The maximum atomic E-state index is 14.1. The monoisotopic (exact) mass is 376 g/mol. The van der Waals surface area contributed by atoms with Crippen LogP contribution in [0.25, 0.3) is 0 Å². The van der Waals surface area contributed by atoms with Crippen LogP contribution in [0.2, 0.25) is 0 Å². The van der Waals surface area contributed by atoms with E-state index >= 15 is 0 Å². The molecule has 0 aromatic heterocycles. The Morgan fingerprint density at radius 1 is 1.00 bits per heavy atom. The van der Waals surface area contributed by atoms with Crippen molar-refractivity contribution < 1.29 is 18.3 Å². The fourth-order valence-electron chi connectivity index (χ4n) is 1.93. The number of halogens is 4. The lowest BCUT2D eigenvalue weighted by atomic mass is 10.0. The van der Waals surface area contributed by atoms with Crippen LogP contribution >= 0.6 is 27.5 Å². The lowest BCUT2D eigenvalue weighted by Crippen LogP contribution is -2.01. The number of methoxy groups -OCH3 is 2. The normalized spacial score (nSPS) is 12.1. The van der Waals surface area contributed by atoms with Gasteiger partial charge in [0.1, 0.15) is 23.1 Å². The Kier molecular flexibility index (Phi) is 5.06. The van der Waals surface area contributed by atoms with Gasteiger partial charge >= 0.3 is 0 Å². The highest BCUT2D eigenvalue weighted by molar-refractivity contribution is 9.10. The second-order valence-electron chi connectivity index (χ2n) is 4.26. The van der Waals surface area contributed by atoms with Crippen LogP contribution in [-0.4, -0.2) is 14.2 Å². The highest BCUT2D eigenvalue weighted by atomic mass is 79.9. The molecular weight excluding hydrogens is 366 g/mol. The van der Waals surface area contributed by atoms with Gasteiger partial charge in [-0.05, 0) is 28.1 Å². The molecule has 0 saturated heterocycles. The van der Waals surface area contributed by atoms with Gasteiger partial charge in [0.05, 0.1) is 24.1 Å². The van der Waals surface area contributed by atoms with Crippen LogP contribution in [0.1, 0.15) is 16.5 Å². The van der Waals surface area contributed by atoms with Gasteiger partial charge in [-0.2, -0.15) is 0 Å². The van der Waals surface area contributed by atoms with Crippen molar-refractivity contribution in [1.82, 2.24) is 0 Å². The van der Waals surface area contributed by atoms with Gasteiger partial charge in [-0.1, -0.05) is 6.07 Å². The first-order chi connectivity index (χ1) is 9.97. The number of rotatable bonds is 4. The third-order valence-electron chi connectivity index (χ3n) is 3.03. The number of hydrogen-bond donors (Lipinski definition) is 0. The van der Waals surface area contributed by atoms with Gasteiger partial charge < -0.3 is 9.47 Å². The summed E-state index contributed by atoms with van der Waals surface area (Å²) in [5.74, 6) is -0.329. The van der Waals surface area contributed by atoms with Crippen molar-refractivity contribution in [1.29, 1.82) is 0 Å². The zero-order valence-electron chi connectivity index (χ0n) is 11.3. The van der Waals surface area contributed by atoms with Gasteiger partial charge in [0.2, 0.25) is 0 Å². The second kappa shape index (κ2) is 6.62. The summed E-state index contributed by atoms with van der Waals surface area (Å²) in [6, 6.07) is 7.07. The Hall–Kier alpha value is -1.33. The maximum Gasteiger partial charge on any atom is 0.141 e. The van der Waals surface area contributed by atoms with Gasteiger partial charge in [0, 0.05) is 23.3 Å². The Bertz CT molecular complexity index is 664. The van der Waals surface area contributed by atoms with E-state index in [0.29, 0.717) is 11.3 Å². The first-order valence-electron chi connectivity index (χ1n) is 5.98. The molecule has 2 aromatic carbocycles. The Morgan fingerprint density at radius 2 is 1.71 bits per heavy atom. The summed E-state index contributed by atoms with van der Waals surface area (Å²) < 4.78 is 37.9. The molecule has 0 aliphatic heterocycles. The second-order valence-corrected chi connectivity index (χ2v) is 5.55. The number of ether oxygens (including phenoxy) is 2. The molecule has 21 heavy (non-hydrogen) atoms. The molecule has 0 spiro atoms. The molecule has 0 heterocycles. The smallest absolute Gasteiger partial charge is 0.141 e. The molecule has 2 rings (SSSR count). The van der Waals surface area contributed by atoms with Crippen molar-refractivity contribution in [2.75, 3.05) is 14.2 Å². The Morgan fingerprint density at radius 3 is 2.29 bits per heavy atom. The summed E-state index contributed by atoms with van der Waals surface area (Å²) in [5.41, 5.74) is 0.728. The van der Waals surface area contributed by atoms with Gasteiger partial charge in [0.25, 0.3) is 0 Å².